The Morgan fingerprint density at radius 3 is 2.31 bits per heavy atom. The van der Waals surface area contributed by atoms with Gasteiger partial charge in [0.2, 0.25) is 0 Å². The summed E-state index contributed by atoms with van der Waals surface area (Å²) in [4.78, 5) is 0. The van der Waals surface area contributed by atoms with Crippen molar-refractivity contribution < 1.29 is 9.47 Å². The summed E-state index contributed by atoms with van der Waals surface area (Å²) >= 11 is 0. The van der Waals surface area contributed by atoms with Crippen molar-refractivity contribution in [1.29, 1.82) is 0 Å². The fourth-order valence-electron chi connectivity index (χ4n) is 4.45. The molecular formula is C25H26N2O2. The minimum absolute atomic E-state index is 0.693. The number of imidazole rings is 1. The van der Waals surface area contributed by atoms with Crippen LogP contribution in [0.15, 0.2) is 60.9 Å². The molecule has 29 heavy (non-hydrogen) atoms. The van der Waals surface area contributed by atoms with Gasteiger partial charge in [-0.25, -0.2) is 0 Å². The van der Waals surface area contributed by atoms with Crippen LogP contribution in [0.4, 0.5) is 0 Å². The molecule has 2 aromatic carbocycles. The number of rotatable bonds is 5. The molecule has 4 aromatic rings. The van der Waals surface area contributed by atoms with Crippen molar-refractivity contribution in [1.82, 2.24) is 8.97 Å². The van der Waals surface area contributed by atoms with Crippen molar-refractivity contribution in [2.75, 3.05) is 13.7 Å². The second-order valence-electron chi connectivity index (χ2n) is 7.56. The van der Waals surface area contributed by atoms with Crippen molar-refractivity contribution in [3.05, 3.63) is 66.5 Å². The van der Waals surface area contributed by atoms with E-state index in [0.29, 0.717) is 6.61 Å². The van der Waals surface area contributed by atoms with Crippen molar-refractivity contribution in [3.63, 3.8) is 0 Å². The molecule has 4 heteroatoms. The zero-order valence-corrected chi connectivity index (χ0v) is 17.0. The van der Waals surface area contributed by atoms with Crippen LogP contribution in [0.25, 0.3) is 28.0 Å². The van der Waals surface area contributed by atoms with Gasteiger partial charge >= 0.3 is 0 Å². The van der Waals surface area contributed by atoms with E-state index < -0.39 is 0 Å². The van der Waals surface area contributed by atoms with Gasteiger partial charge in [0.25, 0.3) is 0 Å². The maximum atomic E-state index is 5.61. The van der Waals surface area contributed by atoms with E-state index in [1.54, 1.807) is 7.11 Å². The van der Waals surface area contributed by atoms with Gasteiger partial charge < -0.3 is 18.4 Å². The highest BCUT2D eigenvalue weighted by Gasteiger charge is 2.21. The molecule has 0 spiro atoms. The second kappa shape index (κ2) is 7.36. The molecule has 0 fully saturated rings. The van der Waals surface area contributed by atoms with Gasteiger partial charge in [0.15, 0.2) is 0 Å². The average Bonchev–Trinajstić information content (AvgIpc) is 3.19. The molecule has 4 nitrogen and oxygen atoms in total. The van der Waals surface area contributed by atoms with Crippen LogP contribution in [0, 0.1) is 0 Å². The minimum Gasteiger partial charge on any atom is -0.497 e. The lowest BCUT2D eigenvalue weighted by Gasteiger charge is -2.09. The maximum absolute atomic E-state index is 5.61. The first kappa shape index (κ1) is 17.9. The Kier molecular flexibility index (Phi) is 4.55. The molecule has 1 aliphatic rings. The molecule has 0 N–H and O–H groups in total. The molecule has 0 saturated heterocycles. The van der Waals surface area contributed by atoms with Gasteiger partial charge in [0.05, 0.1) is 19.4 Å². The Morgan fingerprint density at radius 2 is 1.59 bits per heavy atom. The maximum Gasteiger partial charge on any atom is 0.121 e. The SMILES string of the molecule is CCOc1ccc(-c2cn3cc(-c4ccc(OC)cc4)n4c3c2CCCC4)cc1. The van der Waals surface area contributed by atoms with Gasteiger partial charge in [-0.15, -0.1) is 0 Å². The number of nitrogens with zero attached hydrogens (tertiary/aromatic N) is 2. The van der Waals surface area contributed by atoms with Gasteiger partial charge in [0, 0.05) is 30.1 Å². The predicted octanol–water partition coefficient (Wildman–Crippen LogP) is 5.82. The van der Waals surface area contributed by atoms with E-state index in [0.717, 1.165) is 24.5 Å². The summed E-state index contributed by atoms with van der Waals surface area (Å²) in [5.74, 6) is 1.82. The van der Waals surface area contributed by atoms with Crippen LogP contribution in [-0.4, -0.2) is 22.7 Å². The molecule has 0 saturated carbocycles. The van der Waals surface area contributed by atoms with Crippen LogP contribution in [-0.2, 0) is 13.0 Å². The van der Waals surface area contributed by atoms with Crippen LogP contribution in [0.3, 0.4) is 0 Å². The summed E-state index contributed by atoms with van der Waals surface area (Å²) in [5.41, 5.74) is 7.87. The van der Waals surface area contributed by atoms with Crippen LogP contribution in [0.5, 0.6) is 11.5 Å². The smallest absolute Gasteiger partial charge is 0.121 e. The van der Waals surface area contributed by atoms with Crippen molar-refractivity contribution in [2.45, 2.75) is 32.7 Å². The third-order valence-corrected chi connectivity index (χ3v) is 5.84. The van der Waals surface area contributed by atoms with Crippen LogP contribution in [0.1, 0.15) is 25.3 Å². The summed E-state index contributed by atoms with van der Waals surface area (Å²) in [6.07, 6.45) is 8.09. The molecule has 0 radical (unpaired) electrons. The van der Waals surface area contributed by atoms with E-state index in [-0.39, 0.29) is 0 Å². The summed E-state index contributed by atoms with van der Waals surface area (Å²) in [6.45, 7) is 3.76. The standard InChI is InChI=1S/C25H26N2O2/c1-3-29-21-13-7-18(8-14-21)23-16-26-17-24(19-9-11-20(28-2)12-10-19)27-15-5-4-6-22(23)25(26)27/h7-14,16-17H,3-6,15H2,1-2H3. The highest BCUT2D eigenvalue weighted by Crippen LogP contribution is 2.36. The Morgan fingerprint density at radius 1 is 0.862 bits per heavy atom. The summed E-state index contributed by atoms with van der Waals surface area (Å²) in [7, 11) is 1.71. The number of hydrogen-bond acceptors (Lipinski definition) is 2. The Bertz CT molecular complexity index is 1130. The lowest BCUT2D eigenvalue weighted by molar-refractivity contribution is 0.340. The molecule has 0 amide bonds. The minimum atomic E-state index is 0.693. The average molecular weight is 386 g/mol. The van der Waals surface area contributed by atoms with Crippen molar-refractivity contribution in [3.8, 4) is 33.9 Å². The molecule has 0 unspecified atom stereocenters. The number of hydrogen-bond donors (Lipinski definition) is 0. The number of aryl methyl sites for hydroxylation is 2. The fraction of sp³-hybridized carbons (Fsp3) is 0.280. The molecular weight excluding hydrogens is 360 g/mol. The summed E-state index contributed by atoms with van der Waals surface area (Å²) < 4.78 is 15.7. The molecule has 2 aromatic heterocycles. The largest absolute Gasteiger partial charge is 0.497 e. The van der Waals surface area contributed by atoms with E-state index in [1.165, 1.54) is 46.4 Å². The third kappa shape index (κ3) is 3.09. The van der Waals surface area contributed by atoms with E-state index in [4.69, 9.17) is 9.47 Å². The zero-order chi connectivity index (χ0) is 19.8. The first-order chi connectivity index (χ1) is 14.3. The Labute approximate surface area is 171 Å². The van der Waals surface area contributed by atoms with E-state index in [2.05, 4.69) is 57.8 Å². The molecule has 0 aliphatic carbocycles. The molecule has 0 atom stereocenters. The molecule has 148 valence electrons. The third-order valence-electron chi connectivity index (χ3n) is 5.84. The highest BCUT2D eigenvalue weighted by atomic mass is 16.5. The zero-order valence-electron chi connectivity index (χ0n) is 17.0. The predicted molar refractivity (Wildman–Crippen MR) is 117 cm³/mol. The quantitative estimate of drug-likeness (QED) is 0.432. The number of aromatic nitrogens is 2. The van der Waals surface area contributed by atoms with Crippen LogP contribution < -0.4 is 9.47 Å². The van der Waals surface area contributed by atoms with E-state index in [1.807, 2.05) is 19.1 Å². The van der Waals surface area contributed by atoms with Gasteiger partial charge in [-0.1, -0.05) is 12.1 Å². The van der Waals surface area contributed by atoms with Gasteiger partial charge in [-0.05, 0) is 73.7 Å². The van der Waals surface area contributed by atoms with Gasteiger partial charge in [0.1, 0.15) is 17.1 Å². The van der Waals surface area contributed by atoms with Crippen LogP contribution >= 0.6 is 0 Å². The first-order valence-electron chi connectivity index (χ1n) is 10.4. The normalized spacial score (nSPS) is 13.4. The second-order valence-corrected chi connectivity index (χ2v) is 7.56. The van der Waals surface area contributed by atoms with Crippen LogP contribution in [0.2, 0.25) is 0 Å². The van der Waals surface area contributed by atoms with Gasteiger partial charge in [-0.2, -0.15) is 0 Å². The first-order valence-corrected chi connectivity index (χ1v) is 10.4. The Balaban J connectivity index is 1.61. The summed E-state index contributed by atoms with van der Waals surface area (Å²) in [5, 5.41) is 0. The molecule has 0 bridgehead atoms. The number of benzene rings is 2. The fourth-order valence-corrected chi connectivity index (χ4v) is 4.45. The highest BCUT2D eigenvalue weighted by molar-refractivity contribution is 5.78. The van der Waals surface area contributed by atoms with Crippen molar-refractivity contribution in [2.24, 2.45) is 0 Å². The monoisotopic (exact) mass is 386 g/mol. The van der Waals surface area contributed by atoms with Gasteiger partial charge in [-0.3, -0.25) is 0 Å². The van der Waals surface area contributed by atoms with E-state index in [9.17, 15) is 0 Å². The van der Waals surface area contributed by atoms with E-state index >= 15 is 0 Å². The number of ether oxygens (including phenoxy) is 2. The van der Waals surface area contributed by atoms with Crippen molar-refractivity contribution >= 4 is 5.65 Å². The number of methoxy groups -OCH3 is 1. The molecule has 5 rings (SSSR count). The lowest BCUT2D eigenvalue weighted by atomic mass is 10.0. The topological polar surface area (TPSA) is 27.8 Å². The molecule has 3 heterocycles. The Hall–Kier alpha value is -3.14. The lowest BCUT2D eigenvalue weighted by Crippen LogP contribution is -1.99. The molecule has 1 aliphatic heterocycles. The summed E-state index contributed by atoms with van der Waals surface area (Å²) in [6, 6.07) is 16.9.